The highest BCUT2D eigenvalue weighted by Crippen LogP contribution is 2.20. The smallest absolute Gasteiger partial charge is 0.224 e. The highest BCUT2D eigenvalue weighted by molar-refractivity contribution is 5.78. The quantitative estimate of drug-likeness (QED) is 0.848. The number of piperidine rings is 1. The molecule has 1 aliphatic heterocycles. The maximum atomic E-state index is 13.2. The van der Waals surface area contributed by atoms with Crippen molar-refractivity contribution in [3.05, 3.63) is 71.0 Å². The molecule has 0 bridgehead atoms. The van der Waals surface area contributed by atoms with Crippen LogP contribution >= 0.6 is 0 Å². The summed E-state index contributed by atoms with van der Waals surface area (Å²) in [6, 6.07) is 15.1. The van der Waals surface area contributed by atoms with E-state index in [1.807, 2.05) is 6.07 Å². The molecule has 1 saturated heterocycles. The van der Waals surface area contributed by atoms with Crippen LogP contribution in [0.4, 0.5) is 4.39 Å². The molecule has 1 aliphatic rings. The summed E-state index contributed by atoms with van der Waals surface area (Å²) in [5.74, 6) is -0.395. The van der Waals surface area contributed by atoms with Gasteiger partial charge in [-0.05, 0) is 55.1 Å². The number of halogens is 1. The Morgan fingerprint density at radius 2 is 1.96 bits per heavy atom. The fourth-order valence-corrected chi connectivity index (χ4v) is 3.58. The number of hydrogen-bond donors (Lipinski definition) is 1. The van der Waals surface area contributed by atoms with Gasteiger partial charge >= 0.3 is 0 Å². The molecule has 1 N–H and O–H groups in total. The average molecular weight is 354 g/mol. The summed E-state index contributed by atoms with van der Waals surface area (Å²) in [6.45, 7) is 4.87. The Labute approximate surface area is 155 Å². The first-order valence-electron chi connectivity index (χ1n) is 9.44. The van der Waals surface area contributed by atoms with E-state index < -0.39 is 0 Å². The maximum absolute atomic E-state index is 13.2. The van der Waals surface area contributed by atoms with Gasteiger partial charge in [-0.1, -0.05) is 42.8 Å². The summed E-state index contributed by atoms with van der Waals surface area (Å²) in [5.41, 5.74) is 3.11. The van der Waals surface area contributed by atoms with Crippen LogP contribution in [0.1, 0.15) is 42.9 Å². The third kappa shape index (κ3) is 5.15. The summed E-state index contributed by atoms with van der Waals surface area (Å²) in [5, 5.41) is 2.98. The van der Waals surface area contributed by atoms with Crippen LogP contribution in [0.15, 0.2) is 48.5 Å². The summed E-state index contributed by atoms with van der Waals surface area (Å²) in [4.78, 5) is 14.7. The Hall–Kier alpha value is -2.20. The zero-order valence-electron chi connectivity index (χ0n) is 15.4. The van der Waals surface area contributed by atoms with E-state index in [1.54, 1.807) is 12.1 Å². The van der Waals surface area contributed by atoms with E-state index in [0.29, 0.717) is 18.2 Å². The van der Waals surface area contributed by atoms with Gasteiger partial charge in [-0.3, -0.25) is 9.69 Å². The van der Waals surface area contributed by atoms with E-state index in [1.165, 1.54) is 37.0 Å². The molecule has 1 heterocycles. The number of hydrogen-bond acceptors (Lipinski definition) is 2. The summed E-state index contributed by atoms with van der Waals surface area (Å²) in [7, 11) is 0. The second-order valence-electron chi connectivity index (χ2n) is 7.17. The molecule has 4 heteroatoms. The third-order valence-corrected chi connectivity index (χ3v) is 5.16. The molecule has 3 nitrogen and oxygen atoms in total. The van der Waals surface area contributed by atoms with E-state index in [9.17, 15) is 9.18 Å². The Balaban J connectivity index is 1.58. The van der Waals surface area contributed by atoms with E-state index >= 15 is 0 Å². The van der Waals surface area contributed by atoms with Gasteiger partial charge in [-0.25, -0.2) is 4.39 Å². The molecule has 1 unspecified atom stereocenters. The van der Waals surface area contributed by atoms with Gasteiger partial charge in [0.2, 0.25) is 5.91 Å². The van der Waals surface area contributed by atoms with Gasteiger partial charge in [0.25, 0.3) is 0 Å². The van der Waals surface area contributed by atoms with Gasteiger partial charge < -0.3 is 5.32 Å². The molecule has 1 atom stereocenters. The maximum Gasteiger partial charge on any atom is 0.224 e. The fraction of sp³-hybridized carbons (Fsp3) is 0.409. The van der Waals surface area contributed by atoms with Crippen molar-refractivity contribution in [3.63, 3.8) is 0 Å². The third-order valence-electron chi connectivity index (χ3n) is 5.16. The molecule has 0 spiro atoms. The number of likely N-dealkylation sites (tertiary alicyclic amines) is 1. The largest absolute Gasteiger partial charge is 0.352 e. The number of nitrogens with zero attached hydrogens (tertiary/aromatic N) is 1. The molecule has 0 aliphatic carbocycles. The zero-order chi connectivity index (χ0) is 18.4. The van der Waals surface area contributed by atoms with E-state index in [4.69, 9.17) is 0 Å². The molecule has 1 amide bonds. The molecule has 2 aromatic carbocycles. The first-order chi connectivity index (χ1) is 12.6. The average Bonchev–Trinajstić information content (AvgIpc) is 2.63. The van der Waals surface area contributed by atoms with Crippen molar-refractivity contribution in [1.29, 1.82) is 0 Å². The molecule has 26 heavy (non-hydrogen) atoms. The van der Waals surface area contributed by atoms with Crippen molar-refractivity contribution in [3.8, 4) is 0 Å². The highest BCUT2D eigenvalue weighted by atomic mass is 19.1. The number of amides is 1. The summed E-state index contributed by atoms with van der Waals surface area (Å²) in [6.07, 6.45) is 4.03. The molecule has 2 aromatic rings. The number of benzene rings is 2. The minimum absolute atomic E-state index is 0.0863. The molecule has 1 fully saturated rings. The van der Waals surface area contributed by atoms with Crippen LogP contribution < -0.4 is 5.32 Å². The Morgan fingerprint density at radius 3 is 2.73 bits per heavy atom. The first-order valence-corrected chi connectivity index (χ1v) is 9.44. The van der Waals surface area contributed by atoms with Crippen LogP contribution in [0.25, 0.3) is 0 Å². The second kappa shape index (κ2) is 8.95. The zero-order valence-corrected chi connectivity index (χ0v) is 15.4. The molecule has 0 aromatic heterocycles. The lowest BCUT2D eigenvalue weighted by Gasteiger charge is -2.33. The predicted molar refractivity (Wildman–Crippen MR) is 102 cm³/mol. The number of nitrogens with one attached hydrogen (secondary N) is 1. The standard InChI is InChI=1S/C22H27FN2O/c1-17-7-4-5-12-25(17)16-20-10-3-2-9-19(20)15-24-22(26)14-18-8-6-11-21(23)13-18/h2-3,6,8-11,13,17H,4-5,7,12,14-16H2,1H3,(H,24,26). The Kier molecular flexibility index (Phi) is 6.40. The topological polar surface area (TPSA) is 32.3 Å². The van der Waals surface area contributed by atoms with Crippen LogP contribution in [-0.4, -0.2) is 23.4 Å². The van der Waals surface area contributed by atoms with Gasteiger partial charge in [0.1, 0.15) is 5.82 Å². The van der Waals surface area contributed by atoms with Crippen LogP contribution in [0.5, 0.6) is 0 Å². The SMILES string of the molecule is CC1CCCCN1Cc1ccccc1CNC(=O)Cc1cccc(F)c1. The summed E-state index contributed by atoms with van der Waals surface area (Å²) < 4.78 is 13.2. The monoisotopic (exact) mass is 354 g/mol. The van der Waals surface area contributed by atoms with Gasteiger partial charge in [-0.2, -0.15) is 0 Å². The van der Waals surface area contributed by atoms with Gasteiger partial charge in [0.05, 0.1) is 6.42 Å². The lowest BCUT2D eigenvalue weighted by atomic mass is 10.0. The van der Waals surface area contributed by atoms with Crippen LogP contribution in [0.2, 0.25) is 0 Å². The molecule has 3 rings (SSSR count). The van der Waals surface area contributed by atoms with Crippen molar-refractivity contribution in [2.75, 3.05) is 6.54 Å². The molecule has 0 radical (unpaired) electrons. The normalized spacial score (nSPS) is 17.8. The Bertz CT molecular complexity index is 746. The fourth-order valence-electron chi connectivity index (χ4n) is 3.58. The first kappa shape index (κ1) is 18.6. The predicted octanol–water partition coefficient (Wildman–Crippen LogP) is 4.06. The lowest BCUT2D eigenvalue weighted by Crippen LogP contribution is -2.37. The minimum Gasteiger partial charge on any atom is -0.352 e. The lowest BCUT2D eigenvalue weighted by molar-refractivity contribution is -0.120. The molecular formula is C22H27FN2O. The van der Waals surface area contributed by atoms with Crippen molar-refractivity contribution in [2.45, 2.75) is 51.7 Å². The van der Waals surface area contributed by atoms with E-state index in [0.717, 1.165) is 18.7 Å². The number of carbonyl (C=O) groups excluding carboxylic acids is 1. The summed E-state index contributed by atoms with van der Waals surface area (Å²) >= 11 is 0. The second-order valence-corrected chi connectivity index (χ2v) is 7.17. The minimum atomic E-state index is -0.309. The van der Waals surface area contributed by atoms with Crippen molar-refractivity contribution in [1.82, 2.24) is 10.2 Å². The van der Waals surface area contributed by atoms with Gasteiger partial charge in [0.15, 0.2) is 0 Å². The van der Waals surface area contributed by atoms with E-state index in [2.05, 4.69) is 35.3 Å². The number of carbonyl (C=O) groups is 1. The van der Waals surface area contributed by atoms with Crippen LogP contribution in [0.3, 0.4) is 0 Å². The van der Waals surface area contributed by atoms with Gasteiger partial charge in [0, 0.05) is 19.1 Å². The Morgan fingerprint density at radius 1 is 1.15 bits per heavy atom. The molecule has 138 valence electrons. The van der Waals surface area contributed by atoms with E-state index in [-0.39, 0.29) is 18.1 Å². The van der Waals surface area contributed by atoms with Crippen molar-refractivity contribution in [2.24, 2.45) is 0 Å². The number of rotatable bonds is 6. The van der Waals surface area contributed by atoms with Crippen LogP contribution in [0, 0.1) is 5.82 Å². The highest BCUT2D eigenvalue weighted by Gasteiger charge is 2.19. The van der Waals surface area contributed by atoms with Crippen molar-refractivity contribution < 1.29 is 9.18 Å². The van der Waals surface area contributed by atoms with Gasteiger partial charge in [-0.15, -0.1) is 0 Å². The molecule has 0 saturated carbocycles. The van der Waals surface area contributed by atoms with Crippen LogP contribution in [-0.2, 0) is 24.3 Å². The molecular weight excluding hydrogens is 327 g/mol. The van der Waals surface area contributed by atoms with Crippen molar-refractivity contribution >= 4 is 5.91 Å².